The second-order valence-electron chi connectivity index (χ2n) is 14.8. The SMILES string of the molecule is CCC(CC)CCCNc1ccc(-c2cccc(CN3OC(CO)C([C@H](C)O)[C@H]3C(=O)NC3C[C@@H]4C[C@H](C3C)C4(C)C)c2)cc1. The summed E-state index contributed by atoms with van der Waals surface area (Å²) in [6.07, 6.45) is 5.74. The van der Waals surface area contributed by atoms with Crippen LogP contribution in [0, 0.1) is 35.0 Å². The van der Waals surface area contributed by atoms with Gasteiger partial charge in [0, 0.05) is 24.2 Å². The summed E-state index contributed by atoms with van der Waals surface area (Å²) < 4.78 is 0. The quantitative estimate of drug-likeness (QED) is 0.177. The molecule has 0 spiro atoms. The van der Waals surface area contributed by atoms with E-state index in [1.807, 2.05) is 12.1 Å². The van der Waals surface area contributed by atoms with E-state index in [1.165, 1.54) is 32.1 Å². The summed E-state index contributed by atoms with van der Waals surface area (Å²) in [6, 6.07) is 16.3. The maximum atomic E-state index is 14.0. The molecule has 4 N–H and O–H groups in total. The van der Waals surface area contributed by atoms with Crippen molar-refractivity contribution in [3.05, 3.63) is 54.1 Å². The first kappa shape index (κ1) is 33.9. The summed E-state index contributed by atoms with van der Waals surface area (Å²) in [5.74, 6) is 1.82. The Morgan fingerprint density at radius 3 is 2.44 bits per heavy atom. The molecule has 8 atom stereocenters. The normalized spacial score (nSPS) is 29.8. The topological polar surface area (TPSA) is 94.1 Å². The van der Waals surface area contributed by atoms with E-state index in [2.05, 4.69) is 81.7 Å². The molecule has 3 saturated carbocycles. The van der Waals surface area contributed by atoms with Gasteiger partial charge in [-0.2, -0.15) is 5.06 Å². The Balaban J connectivity index is 1.25. The first-order valence-electron chi connectivity index (χ1n) is 17.5. The number of nitrogens with one attached hydrogen (secondary N) is 2. The summed E-state index contributed by atoms with van der Waals surface area (Å²) in [4.78, 5) is 20.2. The van der Waals surface area contributed by atoms with Crippen molar-refractivity contribution in [2.75, 3.05) is 18.5 Å². The van der Waals surface area contributed by atoms with Crippen LogP contribution in [-0.4, -0.2) is 58.6 Å². The number of rotatable bonds is 14. The fraction of sp³-hybridized carbons (Fsp3) is 0.658. The van der Waals surface area contributed by atoms with Crippen molar-refractivity contribution < 1.29 is 19.8 Å². The van der Waals surface area contributed by atoms with E-state index in [4.69, 9.17) is 4.84 Å². The molecule has 2 bridgehead atoms. The summed E-state index contributed by atoms with van der Waals surface area (Å²) in [5.41, 5.74) is 4.69. The highest BCUT2D eigenvalue weighted by Crippen LogP contribution is 2.61. The number of benzene rings is 2. The lowest BCUT2D eigenvalue weighted by Gasteiger charge is -2.62. The van der Waals surface area contributed by atoms with Crippen molar-refractivity contribution >= 4 is 11.6 Å². The number of nitrogens with zero attached hydrogens (tertiary/aromatic N) is 1. The van der Waals surface area contributed by atoms with E-state index < -0.39 is 24.2 Å². The zero-order valence-corrected chi connectivity index (χ0v) is 28.3. The lowest BCUT2D eigenvalue weighted by Crippen LogP contribution is -2.62. The molecule has 7 nitrogen and oxygen atoms in total. The first-order valence-corrected chi connectivity index (χ1v) is 17.5. The molecule has 6 rings (SSSR count). The lowest BCUT2D eigenvalue weighted by molar-refractivity contribution is -0.183. The molecular weight excluding hydrogens is 562 g/mol. The van der Waals surface area contributed by atoms with Crippen LogP contribution in [0.5, 0.6) is 0 Å². The Labute approximate surface area is 271 Å². The first-order chi connectivity index (χ1) is 21.6. The van der Waals surface area contributed by atoms with Gasteiger partial charge in [0.05, 0.1) is 19.3 Å². The highest BCUT2D eigenvalue weighted by molar-refractivity contribution is 5.83. The zero-order valence-electron chi connectivity index (χ0n) is 28.3. The summed E-state index contributed by atoms with van der Waals surface area (Å²) >= 11 is 0. The van der Waals surface area contributed by atoms with Crippen LogP contribution < -0.4 is 10.6 Å². The fourth-order valence-electron chi connectivity index (χ4n) is 8.61. The highest BCUT2D eigenvalue weighted by atomic mass is 16.7. The second-order valence-corrected chi connectivity index (χ2v) is 14.8. The van der Waals surface area contributed by atoms with E-state index in [0.29, 0.717) is 29.7 Å². The molecule has 1 aliphatic heterocycles. The zero-order chi connectivity index (χ0) is 32.3. The van der Waals surface area contributed by atoms with Gasteiger partial charge >= 0.3 is 0 Å². The van der Waals surface area contributed by atoms with Crippen LogP contribution in [-0.2, 0) is 16.2 Å². The maximum Gasteiger partial charge on any atom is 0.240 e. The average Bonchev–Trinajstić information content (AvgIpc) is 3.41. The smallest absolute Gasteiger partial charge is 0.240 e. The van der Waals surface area contributed by atoms with Gasteiger partial charge in [-0.3, -0.25) is 9.63 Å². The third-order valence-corrected chi connectivity index (χ3v) is 11.8. The Morgan fingerprint density at radius 1 is 1.09 bits per heavy atom. The van der Waals surface area contributed by atoms with E-state index in [-0.39, 0.29) is 18.6 Å². The van der Waals surface area contributed by atoms with Crippen LogP contribution in [0.1, 0.15) is 85.6 Å². The standard InChI is InChI=1S/C38H57N3O4/c1-7-26(8-2)12-10-18-39-31-16-14-28(15-17-31)29-13-9-11-27(19-29)22-41-36(35(25(4)43)34(23-42)45-41)37(44)40-33-21-30-20-32(24(33)3)38(30,5)6/h9,11,13-17,19,24-26,30,32-36,39,42-43H,7-8,10,12,18,20-23H2,1-6H3,(H,40,44)/t24?,25-,30-,32+,33?,34?,35?,36-/m0/s1. The van der Waals surface area contributed by atoms with Crippen LogP contribution in [0.15, 0.2) is 48.5 Å². The van der Waals surface area contributed by atoms with Crippen molar-refractivity contribution in [2.45, 2.75) is 111 Å². The number of carbonyl (C=O) groups excluding carboxylic acids is 1. The van der Waals surface area contributed by atoms with Crippen molar-refractivity contribution in [1.29, 1.82) is 0 Å². The molecular formula is C38H57N3O4. The number of hydrogen-bond donors (Lipinski definition) is 4. The van der Waals surface area contributed by atoms with Gasteiger partial charge in [0.2, 0.25) is 5.91 Å². The van der Waals surface area contributed by atoms with Crippen LogP contribution in [0.2, 0.25) is 0 Å². The van der Waals surface area contributed by atoms with E-state index in [0.717, 1.165) is 41.3 Å². The molecule has 1 saturated heterocycles. The number of hydroxylamine groups is 2. The van der Waals surface area contributed by atoms with E-state index in [9.17, 15) is 15.0 Å². The Hall–Kier alpha value is -2.45. The number of anilines is 1. The molecule has 4 aliphatic rings. The molecule has 0 aromatic heterocycles. The molecule has 0 radical (unpaired) electrons. The van der Waals surface area contributed by atoms with Gasteiger partial charge in [-0.1, -0.05) is 77.8 Å². The van der Waals surface area contributed by atoms with Crippen LogP contribution in [0.4, 0.5) is 5.69 Å². The van der Waals surface area contributed by atoms with Crippen LogP contribution >= 0.6 is 0 Å². The van der Waals surface area contributed by atoms with Gasteiger partial charge in [0.25, 0.3) is 0 Å². The van der Waals surface area contributed by atoms with Gasteiger partial charge in [-0.15, -0.1) is 0 Å². The summed E-state index contributed by atoms with van der Waals surface area (Å²) in [6.45, 7) is 14.3. The minimum atomic E-state index is -0.808. The number of aliphatic hydroxyl groups excluding tert-OH is 2. The van der Waals surface area contributed by atoms with Crippen molar-refractivity contribution in [3.8, 4) is 11.1 Å². The monoisotopic (exact) mass is 619 g/mol. The van der Waals surface area contributed by atoms with Gasteiger partial charge in [-0.05, 0) is 96.6 Å². The fourth-order valence-corrected chi connectivity index (χ4v) is 8.61. The van der Waals surface area contributed by atoms with Crippen LogP contribution in [0.25, 0.3) is 11.1 Å². The Morgan fingerprint density at radius 2 is 1.82 bits per heavy atom. The maximum absolute atomic E-state index is 14.0. The predicted octanol–water partition coefficient (Wildman–Crippen LogP) is 6.64. The lowest BCUT2D eigenvalue weighted by atomic mass is 9.45. The molecule has 1 heterocycles. The number of aliphatic hydroxyl groups is 2. The third-order valence-electron chi connectivity index (χ3n) is 11.8. The van der Waals surface area contributed by atoms with Crippen LogP contribution in [0.3, 0.4) is 0 Å². The van der Waals surface area contributed by atoms with E-state index >= 15 is 0 Å². The molecule has 4 fully saturated rings. The Kier molecular flexibility index (Phi) is 11.0. The molecule has 45 heavy (non-hydrogen) atoms. The number of hydrogen-bond acceptors (Lipinski definition) is 6. The predicted molar refractivity (Wildman–Crippen MR) is 181 cm³/mol. The van der Waals surface area contributed by atoms with Crippen molar-refractivity contribution in [1.82, 2.24) is 10.4 Å². The largest absolute Gasteiger partial charge is 0.394 e. The highest BCUT2D eigenvalue weighted by Gasteiger charge is 2.57. The molecule has 2 aromatic rings. The van der Waals surface area contributed by atoms with Crippen molar-refractivity contribution in [3.63, 3.8) is 0 Å². The third kappa shape index (κ3) is 7.27. The molecule has 248 valence electrons. The second kappa shape index (κ2) is 14.5. The molecule has 7 heteroatoms. The van der Waals surface area contributed by atoms with E-state index in [1.54, 1.807) is 12.0 Å². The molecule has 2 aromatic carbocycles. The van der Waals surface area contributed by atoms with Gasteiger partial charge in [0.15, 0.2) is 0 Å². The number of fused-ring (bicyclic) bond motifs is 2. The van der Waals surface area contributed by atoms with Gasteiger partial charge in [-0.25, -0.2) is 0 Å². The number of carbonyl (C=O) groups is 1. The molecule has 1 amide bonds. The van der Waals surface area contributed by atoms with Gasteiger partial charge in [0.1, 0.15) is 12.1 Å². The molecule has 4 unspecified atom stereocenters. The average molecular weight is 620 g/mol. The number of amides is 1. The van der Waals surface area contributed by atoms with Crippen molar-refractivity contribution in [2.24, 2.45) is 35.0 Å². The molecule has 3 aliphatic carbocycles. The Bertz CT molecular complexity index is 1260. The minimum absolute atomic E-state index is 0.115. The van der Waals surface area contributed by atoms with Gasteiger partial charge < -0.3 is 20.8 Å². The summed E-state index contributed by atoms with van der Waals surface area (Å²) in [7, 11) is 0. The minimum Gasteiger partial charge on any atom is -0.394 e. The summed E-state index contributed by atoms with van der Waals surface area (Å²) in [5, 5.41) is 29.5.